The number of rotatable bonds is 4. The molecule has 0 aromatic carbocycles. The van der Waals surface area contributed by atoms with Gasteiger partial charge in [0.25, 0.3) is 0 Å². The van der Waals surface area contributed by atoms with Gasteiger partial charge in [0.05, 0.1) is 0 Å². The highest BCUT2D eigenvalue weighted by atomic mass is 19.3. The van der Waals surface area contributed by atoms with Crippen LogP contribution in [0.3, 0.4) is 0 Å². The quantitative estimate of drug-likeness (QED) is 0.710. The molecule has 0 aliphatic heterocycles. The van der Waals surface area contributed by atoms with Crippen molar-refractivity contribution in [3.63, 3.8) is 0 Å². The minimum Gasteiger partial charge on any atom is -0.335 e. The van der Waals surface area contributed by atoms with E-state index in [1.54, 1.807) is 17.0 Å². The van der Waals surface area contributed by atoms with Crippen molar-refractivity contribution in [2.45, 2.75) is 39.2 Å². The van der Waals surface area contributed by atoms with E-state index in [0.29, 0.717) is 6.54 Å². The van der Waals surface area contributed by atoms with E-state index in [1.165, 1.54) is 0 Å². The second kappa shape index (κ2) is 4.35. The van der Waals surface area contributed by atoms with Gasteiger partial charge in [-0.25, -0.2) is 13.8 Å². The monoisotopic (exact) mass is 188 g/mol. The standard InChI is InChI=1S/C9H14F2N2/c1-7(2)9-12-4-6-13(9)5-3-8(10)11/h4,6-8H,3,5H2,1-2H3. The maximum atomic E-state index is 11.9. The van der Waals surface area contributed by atoms with Crippen LogP contribution in [0.25, 0.3) is 0 Å². The number of alkyl halides is 2. The fraction of sp³-hybridized carbons (Fsp3) is 0.667. The molecule has 1 aromatic heterocycles. The average Bonchev–Trinajstić information content (AvgIpc) is 2.47. The first-order valence-electron chi connectivity index (χ1n) is 4.40. The Morgan fingerprint density at radius 1 is 1.46 bits per heavy atom. The molecule has 0 unspecified atom stereocenters. The summed E-state index contributed by atoms with van der Waals surface area (Å²) < 4.78 is 25.6. The van der Waals surface area contributed by atoms with Gasteiger partial charge >= 0.3 is 0 Å². The van der Waals surface area contributed by atoms with Crippen LogP contribution in [0.2, 0.25) is 0 Å². The molecule has 74 valence electrons. The zero-order chi connectivity index (χ0) is 9.84. The van der Waals surface area contributed by atoms with Crippen LogP contribution in [0.1, 0.15) is 32.0 Å². The van der Waals surface area contributed by atoms with E-state index >= 15 is 0 Å². The SMILES string of the molecule is CC(C)c1nccn1CCC(F)F. The minimum atomic E-state index is -2.23. The Hall–Kier alpha value is -0.930. The summed E-state index contributed by atoms with van der Waals surface area (Å²) in [6, 6.07) is 0. The van der Waals surface area contributed by atoms with E-state index in [9.17, 15) is 8.78 Å². The molecular weight excluding hydrogens is 174 g/mol. The molecule has 13 heavy (non-hydrogen) atoms. The number of halogens is 2. The Labute approximate surface area is 76.6 Å². The maximum Gasteiger partial charge on any atom is 0.240 e. The van der Waals surface area contributed by atoms with Crippen molar-refractivity contribution in [2.24, 2.45) is 0 Å². The molecule has 0 amide bonds. The summed E-state index contributed by atoms with van der Waals surface area (Å²) in [6.45, 7) is 4.35. The summed E-state index contributed by atoms with van der Waals surface area (Å²) in [5.74, 6) is 1.16. The molecule has 0 aliphatic rings. The smallest absolute Gasteiger partial charge is 0.240 e. The lowest BCUT2D eigenvalue weighted by atomic mass is 10.2. The third kappa shape index (κ3) is 2.79. The highest BCUT2D eigenvalue weighted by Gasteiger charge is 2.08. The topological polar surface area (TPSA) is 17.8 Å². The molecule has 0 radical (unpaired) electrons. The van der Waals surface area contributed by atoms with E-state index < -0.39 is 6.43 Å². The zero-order valence-corrected chi connectivity index (χ0v) is 7.87. The van der Waals surface area contributed by atoms with Crippen molar-refractivity contribution in [1.82, 2.24) is 9.55 Å². The van der Waals surface area contributed by atoms with Crippen LogP contribution in [0, 0.1) is 0 Å². The Balaban J connectivity index is 2.60. The molecule has 1 aromatic rings. The largest absolute Gasteiger partial charge is 0.335 e. The van der Waals surface area contributed by atoms with Crippen molar-refractivity contribution in [2.75, 3.05) is 0 Å². The van der Waals surface area contributed by atoms with Crippen molar-refractivity contribution in [3.8, 4) is 0 Å². The first kappa shape index (κ1) is 10.2. The number of nitrogens with zero attached hydrogens (tertiary/aromatic N) is 2. The molecule has 0 bridgehead atoms. The lowest BCUT2D eigenvalue weighted by molar-refractivity contribution is 0.131. The lowest BCUT2D eigenvalue weighted by Gasteiger charge is -2.09. The molecule has 1 rings (SSSR count). The van der Waals surface area contributed by atoms with Crippen molar-refractivity contribution >= 4 is 0 Å². The second-order valence-corrected chi connectivity index (χ2v) is 3.31. The molecule has 0 fully saturated rings. The van der Waals surface area contributed by atoms with Gasteiger partial charge < -0.3 is 4.57 Å². The van der Waals surface area contributed by atoms with Gasteiger partial charge in [0.15, 0.2) is 0 Å². The molecule has 0 N–H and O–H groups in total. The Kier molecular flexibility index (Phi) is 3.39. The van der Waals surface area contributed by atoms with E-state index in [0.717, 1.165) is 5.82 Å². The third-order valence-corrected chi connectivity index (χ3v) is 1.85. The van der Waals surface area contributed by atoms with Gasteiger partial charge in [0.2, 0.25) is 6.43 Å². The van der Waals surface area contributed by atoms with Crippen molar-refractivity contribution in [3.05, 3.63) is 18.2 Å². The van der Waals surface area contributed by atoms with Crippen LogP contribution in [0.5, 0.6) is 0 Å². The predicted molar refractivity (Wildman–Crippen MR) is 46.9 cm³/mol. The molecule has 0 spiro atoms. The number of imidazole rings is 1. The van der Waals surface area contributed by atoms with Crippen molar-refractivity contribution in [1.29, 1.82) is 0 Å². The molecular formula is C9H14F2N2. The van der Waals surface area contributed by atoms with Gasteiger partial charge in [-0.3, -0.25) is 0 Å². The van der Waals surface area contributed by atoms with Crippen LogP contribution in [0.4, 0.5) is 8.78 Å². The van der Waals surface area contributed by atoms with Gasteiger partial charge in [0.1, 0.15) is 5.82 Å². The predicted octanol–water partition coefficient (Wildman–Crippen LogP) is 2.66. The Bertz CT molecular complexity index is 256. The fourth-order valence-electron chi connectivity index (χ4n) is 1.25. The normalized spacial score (nSPS) is 11.5. The highest BCUT2D eigenvalue weighted by Crippen LogP contribution is 2.13. The molecule has 1 heterocycles. The summed E-state index contributed by atoms with van der Waals surface area (Å²) in [7, 11) is 0. The van der Waals surface area contributed by atoms with Crippen LogP contribution < -0.4 is 0 Å². The van der Waals surface area contributed by atoms with E-state index in [4.69, 9.17) is 0 Å². The maximum absolute atomic E-state index is 11.9. The van der Waals surface area contributed by atoms with Gasteiger partial charge in [-0.1, -0.05) is 13.8 Å². The van der Waals surface area contributed by atoms with Gasteiger partial charge in [-0.05, 0) is 0 Å². The third-order valence-electron chi connectivity index (χ3n) is 1.85. The molecule has 2 nitrogen and oxygen atoms in total. The van der Waals surface area contributed by atoms with E-state index in [2.05, 4.69) is 4.98 Å². The Morgan fingerprint density at radius 3 is 2.69 bits per heavy atom. The van der Waals surface area contributed by atoms with Crippen LogP contribution in [-0.2, 0) is 6.54 Å². The van der Waals surface area contributed by atoms with Gasteiger partial charge in [0, 0.05) is 31.3 Å². The summed E-state index contributed by atoms with van der Waals surface area (Å²) in [5.41, 5.74) is 0. The fourth-order valence-corrected chi connectivity index (χ4v) is 1.25. The summed E-state index contributed by atoms with van der Waals surface area (Å²) >= 11 is 0. The molecule has 0 saturated heterocycles. The molecule has 0 saturated carbocycles. The highest BCUT2D eigenvalue weighted by molar-refractivity contribution is 4.97. The van der Waals surface area contributed by atoms with Gasteiger partial charge in [-0.2, -0.15) is 0 Å². The van der Waals surface area contributed by atoms with Crippen LogP contribution in [-0.4, -0.2) is 16.0 Å². The summed E-state index contributed by atoms with van der Waals surface area (Å²) in [5, 5.41) is 0. The molecule has 4 heteroatoms. The van der Waals surface area contributed by atoms with Crippen molar-refractivity contribution < 1.29 is 8.78 Å². The number of aromatic nitrogens is 2. The van der Waals surface area contributed by atoms with E-state index in [1.807, 2.05) is 13.8 Å². The first-order chi connectivity index (χ1) is 6.11. The lowest BCUT2D eigenvalue weighted by Crippen LogP contribution is -2.07. The number of aryl methyl sites for hydroxylation is 1. The Morgan fingerprint density at radius 2 is 2.15 bits per heavy atom. The second-order valence-electron chi connectivity index (χ2n) is 3.31. The molecule has 0 atom stereocenters. The van der Waals surface area contributed by atoms with E-state index in [-0.39, 0.29) is 12.3 Å². The summed E-state index contributed by atoms with van der Waals surface area (Å²) in [4.78, 5) is 4.11. The number of hydrogen-bond acceptors (Lipinski definition) is 1. The van der Waals surface area contributed by atoms with Crippen LogP contribution in [0.15, 0.2) is 12.4 Å². The summed E-state index contributed by atoms with van der Waals surface area (Å²) in [6.07, 6.45) is 1.07. The zero-order valence-electron chi connectivity index (χ0n) is 7.87. The average molecular weight is 188 g/mol. The van der Waals surface area contributed by atoms with Gasteiger partial charge in [-0.15, -0.1) is 0 Å². The minimum absolute atomic E-state index is 0.101. The number of hydrogen-bond donors (Lipinski definition) is 0. The first-order valence-corrected chi connectivity index (χ1v) is 4.40. The molecule has 0 aliphatic carbocycles. The van der Waals surface area contributed by atoms with Crippen LogP contribution >= 0.6 is 0 Å².